The van der Waals surface area contributed by atoms with Gasteiger partial charge in [-0.3, -0.25) is 15.0 Å². The third-order valence-electron chi connectivity index (χ3n) is 5.94. The average Bonchev–Trinajstić information content (AvgIpc) is 3.24. The van der Waals surface area contributed by atoms with Crippen molar-refractivity contribution in [1.29, 1.82) is 0 Å². The van der Waals surface area contributed by atoms with E-state index in [1.807, 2.05) is 43.3 Å². The molecule has 32 heavy (non-hydrogen) atoms. The number of carbonyl (C=O) groups is 2. The van der Waals surface area contributed by atoms with Gasteiger partial charge in [-0.1, -0.05) is 66.2 Å². The molecular formula is C27H23N3O2. The van der Waals surface area contributed by atoms with E-state index in [1.54, 1.807) is 18.2 Å². The Balaban J connectivity index is 1.58. The number of aryl methyl sites for hydroxylation is 1. The Kier molecular flexibility index (Phi) is 4.86. The summed E-state index contributed by atoms with van der Waals surface area (Å²) in [5.74, 6) is -0.746. The van der Waals surface area contributed by atoms with Crippen LogP contribution in [-0.2, 0) is 16.1 Å². The number of amides is 2. The number of rotatable bonds is 4. The van der Waals surface area contributed by atoms with E-state index in [0.29, 0.717) is 12.2 Å². The van der Waals surface area contributed by atoms with Gasteiger partial charge in [0.2, 0.25) is 0 Å². The predicted molar refractivity (Wildman–Crippen MR) is 127 cm³/mol. The number of carbonyl (C=O) groups excluding carboxylic acids is 2. The summed E-state index contributed by atoms with van der Waals surface area (Å²) in [5, 5.41) is 2.32. The quantitative estimate of drug-likeness (QED) is 0.381. The van der Waals surface area contributed by atoms with Gasteiger partial charge in [0, 0.05) is 28.7 Å². The number of aromatic nitrogens is 1. The van der Waals surface area contributed by atoms with Crippen molar-refractivity contribution < 1.29 is 9.59 Å². The first-order chi connectivity index (χ1) is 15.5. The molecule has 0 spiro atoms. The Hall–Kier alpha value is -4.12. The van der Waals surface area contributed by atoms with Crippen LogP contribution in [0.5, 0.6) is 0 Å². The summed E-state index contributed by atoms with van der Waals surface area (Å²) in [7, 11) is 0. The molecular weight excluding hydrogens is 398 g/mol. The molecule has 4 aromatic rings. The number of hydrogen-bond donors (Lipinski definition) is 1. The van der Waals surface area contributed by atoms with Crippen molar-refractivity contribution in [3.8, 4) is 0 Å². The van der Waals surface area contributed by atoms with E-state index >= 15 is 0 Å². The maximum absolute atomic E-state index is 13.1. The monoisotopic (exact) mass is 421 g/mol. The first-order valence-electron chi connectivity index (χ1n) is 10.6. The van der Waals surface area contributed by atoms with E-state index < -0.39 is 5.91 Å². The smallest absolute Gasteiger partial charge is 0.282 e. The first kappa shape index (κ1) is 19.8. The second-order valence-corrected chi connectivity index (χ2v) is 8.06. The van der Waals surface area contributed by atoms with Crippen LogP contribution in [-0.4, -0.2) is 16.4 Å². The number of hydrazine groups is 1. The molecule has 0 radical (unpaired) electrons. The number of nitrogens with zero attached hydrogens (tertiary/aromatic N) is 2. The molecule has 0 saturated carbocycles. The normalized spacial score (nSPS) is 15.1. The van der Waals surface area contributed by atoms with Crippen molar-refractivity contribution in [2.24, 2.45) is 0 Å². The van der Waals surface area contributed by atoms with Crippen molar-refractivity contribution in [2.75, 3.05) is 5.01 Å². The lowest BCUT2D eigenvalue weighted by Gasteiger charge is -2.13. The minimum Gasteiger partial charge on any atom is -0.340 e. The van der Waals surface area contributed by atoms with Gasteiger partial charge in [-0.15, -0.1) is 0 Å². The Labute approximate surface area is 186 Å². The first-order valence-corrected chi connectivity index (χ1v) is 10.6. The zero-order valence-corrected chi connectivity index (χ0v) is 18.0. The molecule has 0 unspecified atom stereocenters. The molecule has 1 N–H and O–H groups in total. The third kappa shape index (κ3) is 3.38. The third-order valence-corrected chi connectivity index (χ3v) is 5.94. The van der Waals surface area contributed by atoms with Crippen LogP contribution in [0.4, 0.5) is 5.69 Å². The molecule has 158 valence electrons. The van der Waals surface area contributed by atoms with Crippen LogP contribution in [0.3, 0.4) is 0 Å². The van der Waals surface area contributed by atoms with Crippen LogP contribution in [0.2, 0.25) is 0 Å². The second kappa shape index (κ2) is 7.85. The highest BCUT2D eigenvalue weighted by atomic mass is 16.2. The van der Waals surface area contributed by atoms with Crippen LogP contribution >= 0.6 is 0 Å². The van der Waals surface area contributed by atoms with Gasteiger partial charge < -0.3 is 4.57 Å². The van der Waals surface area contributed by atoms with E-state index in [-0.39, 0.29) is 11.5 Å². The van der Waals surface area contributed by atoms with Gasteiger partial charge in [-0.05, 0) is 43.7 Å². The summed E-state index contributed by atoms with van der Waals surface area (Å²) in [6.45, 7) is 4.83. The summed E-state index contributed by atoms with van der Waals surface area (Å²) in [5.41, 5.74) is 8.84. The summed E-state index contributed by atoms with van der Waals surface area (Å²) in [4.78, 5) is 25.8. The van der Waals surface area contributed by atoms with Crippen LogP contribution < -0.4 is 10.4 Å². The van der Waals surface area contributed by atoms with Gasteiger partial charge in [-0.25, -0.2) is 5.01 Å². The molecule has 1 saturated heterocycles. The summed E-state index contributed by atoms with van der Waals surface area (Å²) in [6, 6.07) is 25.7. The minimum absolute atomic E-state index is 0.134. The molecule has 1 fully saturated rings. The van der Waals surface area contributed by atoms with Crippen LogP contribution in [0.1, 0.15) is 22.4 Å². The lowest BCUT2D eigenvalue weighted by Crippen LogP contribution is -2.35. The van der Waals surface area contributed by atoms with Gasteiger partial charge in [0.15, 0.2) is 0 Å². The fraction of sp³-hybridized carbons (Fsp3) is 0.111. The van der Waals surface area contributed by atoms with Crippen LogP contribution in [0.25, 0.3) is 17.0 Å². The summed E-state index contributed by atoms with van der Waals surface area (Å²) in [6.07, 6.45) is 1.73. The molecule has 1 aliphatic heterocycles. The number of fused-ring (bicyclic) bond motifs is 1. The highest BCUT2D eigenvalue weighted by Gasteiger charge is 2.34. The zero-order valence-electron chi connectivity index (χ0n) is 18.0. The van der Waals surface area contributed by atoms with E-state index in [4.69, 9.17) is 0 Å². The average molecular weight is 422 g/mol. The van der Waals surface area contributed by atoms with Crippen LogP contribution in [0, 0.1) is 13.8 Å². The molecule has 1 aromatic heterocycles. The summed E-state index contributed by atoms with van der Waals surface area (Å²) >= 11 is 0. The molecule has 3 aromatic carbocycles. The van der Waals surface area contributed by atoms with Crippen molar-refractivity contribution in [3.63, 3.8) is 0 Å². The fourth-order valence-corrected chi connectivity index (χ4v) is 4.18. The Bertz CT molecular complexity index is 1370. The molecule has 2 heterocycles. The van der Waals surface area contributed by atoms with E-state index in [2.05, 4.69) is 47.2 Å². The van der Waals surface area contributed by atoms with Crippen molar-refractivity contribution in [2.45, 2.75) is 20.4 Å². The Morgan fingerprint density at radius 3 is 2.28 bits per heavy atom. The topological polar surface area (TPSA) is 54.3 Å². The van der Waals surface area contributed by atoms with E-state index in [9.17, 15) is 9.59 Å². The van der Waals surface area contributed by atoms with Crippen LogP contribution in [0.15, 0.2) is 84.4 Å². The molecule has 0 bridgehead atoms. The van der Waals surface area contributed by atoms with Gasteiger partial charge in [0.25, 0.3) is 11.8 Å². The van der Waals surface area contributed by atoms with E-state index in [0.717, 1.165) is 22.2 Å². The maximum atomic E-state index is 13.1. The SMILES string of the molecule is Cc1ccc(Cn2c(C)c(/C=C3/C(=O)NN(c4ccccc4)C3=O)c3ccccc32)cc1. The number of anilines is 1. The van der Waals surface area contributed by atoms with Crippen molar-refractivity contribution in [1.82, 2.24) is 9.99 Å². The van der Waals surface area contributed by atoms with Gasteiger partial charge in [0.1, 0.15) is 5.57 Å². The highest BCUT2D eigenvalue weighted by molar-refractivity contribution is 6.32. The fourth-order valence-electron chi connectivity index (χ4n) is 4.18. The Morgan fingerprint density at radius 2 is 1.53 bits per heavy atom. The maximum Gasteiger partial charge on any atom is 0.282 e. The second-order valence-electron chi connectivity index (χ2n) is 8.06. The molecule has 5 heteroatoms. The molecule has 1 aliphatic rings. The largest absolute Gasteiger partial charge is 0.340 e. The number of nitrogens with one attached hydrogen (secondary N) is 1. The minimum atomic E-state index is -0.395. The molecule has 0 atom stereocenters. The van der Waals surface area contributed by atoms with Gasteiger partial charge in [-0.2, -0.15) is 0 Å². The zero-order chi connectivity index (χ0) is 22.2. The molecule has 5 nitrogen and oxygen atoms in total. The molecule has 5 rings (SSSR count). The Morgan fingerprint density at radius 1 is 0.844 bits per heavy atom. The molecule has 2 amide bonds. The van der Waals surface area contributed by atoms with E-state index in [1.165, 1.54) is 16.1 Å². The number of benzene rings is 3. The lowest BCUT2D eigenvalue weighted by molar-refractivity contribution is -0.117. The number of hydrogen-bond acceptors (Lipinski definition) is 2. The lowest BCUT2D eigenvalue weighted by atomic mass is 10.1. The van der Waals surface area contributed by atoms with Crippen molar-refractivity contribution in [3.05, 3.63) is 107 Å². The van der Waals surface area contributed by atoms with Gasteiger partial charge in [0.05, 0.1) is 5.69 Å². The number of para-hydroxylation sites is 2. The molecule has 0 aliphatic carbocycles. The van der Waals surface area contributed by atoms with Gasteiger partial charge >= 0.3 is 0 Å². The highest BCUT2D eigenvalue weighted by Crippen LogP contribution is 2.30. The predicted octanol–water partition coefficient (Wildman–Crippen LogP) is 4.77. The summed E-state index contributed by atoms with van der Waals surface area (Å²) < 4.78 is 2.23. The van der Waals surface area contributed by atoms with Crippen molar-refractivity contribution >= 4 is 34.5 Å². The standard InChI is InChI=1S/C27H23N3O2/c1-18-12-14-20(15-13-18)17-29-19(2)23(22-10-6-7-11-25(22)29)16-24-26(31)28-30(27(24)32)21-8-4-3-5-9-21/h3-16H,17H2,1-2H3,(H,28,31)/b24-16-.